The van der Waals surface area contributed by atoms with Crippen LogP contribution in [0.15, 0.2) is 30.6 Å². The van der Waals surface area contributed by atoms with E-state index in [1.54, 1.807) is 6.33 Å². The number of piperazine rings is 1. The fraction of sp³-hybridized carbons (Fsp3) is 0.579. The van der Waals surface area contributed by atoms with Crippen LogP contribution in [-0.4, -0.2) is 56.8 Å². The van der Waals surface area contributed by atoms with Crippen molar-refractivity contribution in [1.82, 2.24) is 24.6 Å². The number of aromatic nitrogens is 3. The predicted molar refractivity (Wildman–Crippen MR) is 98.5 cm³/mol. The van der Waals surface area contributed by atoms with Gasteiger partial charge in [0.15, 0.2) is 0 Å². The van der Waals surface area contributed by atoms with E-state index in [1.807, 2.05) is 17.7 Å². The van der Waals surface area contributed by atoms with E-state index >= 15 is 0 Å². The molecule has 1 aromatic heterocycles. The molecule has 1 aromatic carbocycles. The molecule has 1 aliphatic rings. The molecule has 3 rings (SSSR count). The van der Waals surface area contributed by atoms with Crippen LogP contribution in [0.1, 0.15) is 32.2 Å². The highest BCUT2D eigenvalue weighted by atomic mass is 16.5. The van der Waals surface area contributed by atoms with Gasteiger partial charge in [0.25, 0.3) is 0 Å². The van der Waals surface area contributed by atoms with Gasteiger partial charge in [-0.1, -0.05) is 18.2 Å². The lowest BCUT2D eigenvalue weighted by Gasteiger charge is -2.39. The maximum atomic E-state index is 5.77. The normalized spacial score (nSPS) is 19.2. The summed E-state index contributed by atoms with van der Waals surface area (Å²) in [5.74, 6) is 2.07. The summed E-state index contributed by atoms with van der Waals surface area (Å²) in [7, 11) is 0. The molecular weight excluding hydrogens is 314 g/mol. The van der Waals surface area contributed by atoms with Gasteiger partial charge in [0.2, 0.25) is 0 Å². The van der Waals surface area contributed by atoms with Gasteiger partial charge in [-0.15, -0.1) is 0 Å². The summed E-state index contributed by atoms with van der Waals surface area (Å²) in [4.78, 5) is 9.43. The van der Waals surface area contributed by atoms with Crippen molar-refractivity contribution in [2.45, 2.75) is 46.4 Å². The Morgan fingerprint density at radius 2 is 2.00 bits per heavy atom. The lowest BCUT2D eigenvalue weighted by atomic mass is 10.1. The quantitative estimate of drug-likeness (QED) is 0.772. The van der Waals surface area contributed by atoms with Crippen molar-refractivity contribution >= 4 is 0 Å². The van der Waals surface area contributed by atoms with E-state index in [1.165, 1.54) is 5.56 Å². The molecule has 0 bridgehead atoms. The molecule has 0 saturated carbocycles. The highest BCUT2D eigenvalue weighted by molar-refractivity contribution is 5.33. The highest BCUT2D eigenvalue weighted by Crippen LogP contribution is 2.22. The fourth-order valence-electron chi connectivity index (χ4n) is 3.48. The minimum absolute atomic E-state index is 0.495. The van der Waals surface area contributed by atoms with E-state index in [2.05, 4.69) is 51.9 Å². The number of para-hydroxylation sites is 1. The maximum absolute atomic E-state index is 5.77. The van der Waals surface area contributed by atoms with E-state index < -0.39 is 0 Å². The Balaban J connectivity index is 1.58. The van der Waals surface area contributed by atoms with Crippen LogP contribution >= 0.6 is 0 Å². The minimum Gasteiger partial charge on any atom is -0.494 e. The molecule has 0 amide bonds. The molecule has 1 fully saturated rings. The topological polar surface area (TPSA) is 46.4 Å². The van der Waals surface area contributed by atoms with Crippen LogP contribution in [0.2, 0.25) is 0 Å². The molecular formula is C19H29N5O. The fourth-order valence-corrected chi connectivity index (χ4v) is 3.48. The van der Waals surface area contributed by atoms with Crippen LogP contribution in [0.5, 0.6) is 5.75 Å². The number of ether oxygens (including phenoxy) is 1. The Bertz CT molecular complexity index is 671. The predicted octanol–water partition coefficient (Wildman–Crippen LogP) is 2.40. The van der Waals surface area contributed by atoms with Crippen molar-refractivity contribution in [1.29, 1.82) is 0 Å². The lowest BCUT2D eigenvalue weighted by molar-refractivity contribution is 0.0697. The Labute approximate surface area is 150 Å². The third kappa shape index (κ3) is 4.38. The first-order valence-electron chi connectivity index (χ1n) is 9.25. The molecule has 1 aliphatic heterocycles. The first kappa shape index (κ1) is 17.9. The number of rotatable bonds is 7. The van der Waals surface area contributed by atoms with Crippen LogP contribution in [0, 0.1) is 0 Å². The van der Waals surface area contributed by atoms with Crippen LogP contribution in [0.3, 0.4) is 0 Å². The summed E-state index contributed by atoms with van der Waals surface area (Å²) in [5, 5.41) is 4.28. The van der Waals surface area contributed by atoms with Gasteiger partial charge in [0.1, 0.15) is 17.9 Å². The molecule has 2 aromatic rings. The average Bonchev–Trinajstić information content (AvgIpc) is 3.06. The van der Waals surface area contributed by atoms with Crippen molar-refractivity contribution < 1.29 is 4.74 Å². The Morgan fingerprint density at radius 1 is 1.16 bits per heavy atom. The second-order valence-electron chi connectivity index (χ2n) is 6.59. The molecule has 0 aliphatic carbocycles. The second-order valence-corrected chi connectivity index (χ2v) is 6.59. The van der Waals surface area contributed by atoms with Crippen LogP contribution in [0.25, 0.3) is 0 Å². The van der Waals surface area contributed by atoms with Gasteiger partial charge in [-0.2, -0.15) is 5.10 Å². The highest BCUT2D eigenvalue weighted by Gasteiger charge is 2.25. The first-order valence-corrected chi connectivity index (χ1v) is 9.25. The minimum atomic E-state index is 0.495. The molecule has 0 N–H and O–H groups in total. The summed E-state index contributed by atoms with van der Waals surface area (Å²) in [6, 6.07) is 8.87. The number of aryl methyl sites for hydroxylation is 1. The van der Waals surface area contributed by atoms with Crippen molar-refractivity contribution in [3.05, 3.63) is 42.0 Å². The number of nitrogens with zero attached hydrogens (tertiary/aromatic N) is 5. The van der Waals surface area contributed by atoms with Crippen molar-refractivity contribution in [2.24, 2.45) is 0 Å². The molecule has 1 atom stereocenters. The smallest absolute Gasteiger partial charge is 0.141 e. The summed E-state index contributed by atoms with van der Waals surface area (Å²) in [6.45, 7) is 13.0. The van der Waals surface area contributed by atoms with E-state index in [0.29, 0.717) is 12.6 Å². The molecule has 25 heavy (non-hydrogen) atoms. The largest absolute Gasteiger partial charge is 0.494 e. The van der Waals surface area contributed by atoms with E-state index in [9.17, 15) is 0 Å². The third-order valence-electron chi connectivity index (χ3n) is 4.86. The molecule has 6 nitrogen and oxygen atoms in total. The molecule has 0 unspecified atom stereocenters. The first-order chi connectivity index (χ1) is 12.2. The molecule has 6 heteroatoms. The molecule has 0 radical (unpaired) electrons. The third-order valence-corrected chi connectivity index (χ3v) is 4.86. The van der Waals surface area contributed by atoms with Crippen LogP contribution in [-0.2, 0) is 19.6 Å². The number of hydrogen-bond acceptors (Lipinski definition) is 5. The van der Waals surface area contributed by atoms with Gasteiger partial charge in [-0.3, -0.25) is 9.80 Å². The van der Waals surface area contributed by atoms with Crippen molar-refractivity contribution in [2.75, 3.05) is 26.2 Å². The molecule has 0 spiro atoms. The molecule has 2 heterocycles. The zero-order valence-corrected chi connectivity index (χ0v) is 15.6. The summed E-state index contributed by atoms with van der Waals surface area (Å²) in [6.07, 6.45) is 1.66. The van der Waals surface area contributed by atoms with Gasteiger partial charge < -0.3 is 4.74 Å². The monoisotopic (exact) mass is 343 g/mol. The number of hydrogen-bond donors (Lipinski definition) is 0. The Kier molecular flexibility index (Phi) is 6.04. The van der Waals surface area contributed by atoms with Crippen molar-refractivity contribution in [3.63, 3.8) is 0 Å². The van der Waals surface area contributed by atoms with Gasteiger partial charge in [0.05, 0.1) is 13.2 Å². The van der Waals surface area contributed by atoms with E-state index in [-0.39, 0.29) is 0 Å². The zero-order valence-electron chi connectivity index (χ0n) is 15.6. The number of benzene rings is 1. The zero-order chi connectivity index (χ0) is 17.6. The van der Waals surface area contributed by atoms with Crippen molar-refractivity contribution in [3.8, 4) is 5.75 Å². The van der Waals surface area contributed by atoms with Gasteiger partial charge in [-0.25, -0.2) is 9.67 Å². The van der Waals surface area contributed by atoms with Crippen LogP contribution < -0.4 is 4.74 Å². The Morgan fingerprint density at radius 3 is 2.76 bits per heavy atom. The lowest BCUT2D eigenvalue weighted by Crippen LogP contribution is -2.51. The van der Waals surface area contributed by atoms with Crippen LogP contribution in [0.4, 0.5) is 0 Å². The summed E-state index contributed by atoms with van der Waals surface area (Å²) >= 11 is 0. The summed E-state index contributed by atoms with van der Waals surface area (Å²) in [5.41, 5.74) is 1.27. The van der Waals surface area contributed by atoms with E-state index in [0.717, 1.165) is 50.8 Å². The Hall–Kier alpha value is -1.92. The van der Waals surface area contributed by atoms with Gasteiger partial charge in [-0.05, 0) is 26.8 Å². The molecule has 136 valence electrons. The van der Waals surface area contributed by atoms with Gasteiger partial charge in [0, 0.05) is 44.3 Å². The van der Waals surface area contributed by atoms with Gasteiger partial charge >= 0.3 is 0 Å². The summed E-state index contributed by atoms with van der Waals surface area (Å²) < 4.78 is 7.75. The average molecular weight is 343 g/mol. The molecule has 1 saturated heterocycles. The maximum Gasteiger partial charge on any atom is 0.141 e. The SMILES string of the molecule is CCOc1ccccc1CN1CCN(Cc2ncnn2CC)[C@H](C)C1. The second kappa shape index (κ2) is 8.45. The van der Waals surface area contributed by atoms with E-state index in [4.69, 9.17) is 4.74 Å². The standard InChI is InChI=1S/C19H29N5O/c1-4-24-19(20-15-21-24)14-23-11-10-22(12-16(23)3)13-17-8-6-7-9-18(17)25-5-2/h6-9,15-16H,4-5,10-14H2,1-3H3/t16-/m1/s1.